The van der Waals surface area contributed by atoms with Gasteiger partial charge < -0.3 is 4.42 Å². The average Bonchev–Trinajstić information content (AvgIpc) is 2.97. The van der Waals surface area contributed by atoms with Gasteiger partial charge in [0.05, 0.1) is 6.42 Å². The highest BCUT2D eigenvalue weighted by Crippen LogP contribution is 2.16. The first kappa shape index (κ1) is 10.2. The Labute approximate surface area is 102 Å². The molecule has 0 unspecified atom stereocenters. The van der Waals surface area contributed by atoms with Crippen molar-refractivity contribution in [3.63, 3.8) is 0 Å². The molecule has 0 aliphatic carbocycles. The van der Waals surface area contributed by atoms with E-state index < -0.39 is 0 Å². The fourth-order valence-corrected chi connectivity index (χ4v) is 2.32. The number of carbonyl (C=O) groups excluding carboxylic acids is 1. The number of aromatic nitrogens is 1. The van der Waals surface area contributed by atoms with Crippen LogP contribution in [0.15, 0.2) is 45.5 Å². The van der Waals surface area contributed by atoms with Crippen LogP contribution in [0.5, 0.6) is 0 Å². The number of nitrogens with zero attached hydrogens (tertiary/aromatic N) is 1. The van der Waals surface area contributed by atoms with Crippen molar-refractivity contribution < 1.29 is 9.21 Å². The van der Waals surface area contributed by atoms with E-state index in [9.17, 15) is 4.79 Å². The molecule has 17 heavy (non-hydrogen) atoms. The number of carbonyl (C=O) groups is 1. The zero-order valence-corrected chi connectivity index (χ0v) is 9.74. The predicted octanol–water partition coefficient (Wildman–Crippen LogP) is 3.31. The summed E-state index contributed by atoms with van der Waals surface area (Å²) in [7, 11) is 0. The summed E-state index contributed by atoms with van der Waals surface area (Å²) in [6, 6.07) is 9.32. The number of Topliss-reactive ketones (excluding diaryl/α,β-unsaturated/α-hetero) is 1. The van der Waals surface area contributed by atoms with E-state index in [1.54, 1.807) is 0 Å². The molecule has 0 radical (unpaired) electrons. The Morgan fingerprint density at radius 2 is 2.18 bits per heavy atom. The minimum Gasteiger partial charge on any atom is -0.440 e. The van der Waals surface area contributed by atoms with Crippen molar-refractivity contribution >= 4 is 28.2 Å². The number of para-hydroxylation sites is 2. The molecule has 1 aromatic carbocycles. The first-order chi connectivity index (χ1) is 8.33. The molecule has 0 aliphatic heterocycles. The smallest absolute Gasteiger partial charge is 0.203 e. The fourth-order valence-electron chi connectivity index (χ4n) is 1.66. The van der Waals surface area contributed by atoms with Gasteiger partial charge in [-0.05, 0) is 23.6 Å². The van der Waals surface area contributed by atoms with Gasteiger partial charge in [0, 0.05) is 10.9 Å². The Bertz CT molecular complexity index is 622. The number of hydrogen-bond acceptors (Lipinski definition) is 4. The summed E-state index contributed by atoms with van der Waals surface area (Å²) >= 11 is 1.51. The molecule has 3 rings (SSSR count). The number of thiophene rings is 1. The van der Waals surface area contributed by atoms with Gasteiger partial charge in [0.1, 0.15) is 5.52 Å². The maximum atomic E-state index is 11.9. The molecule has 2 heterocycles. The van der Waals surface area contributed by atoms with Crippen molar-refractivity contribution in [3.05, 3.63) is 52.5 Å². The van der Waals surface area contributed by atoms with Crippen LogP contribution < -0.4 is 0 Å². The highest BCUT2D eigenvalue weighted by atomic mass is 32.1. The monoisotopic (exact) mass is 243 g/mol. The lowest BCUT2D eigenvalue weighted by atomic mass is 10.2. The van der Waals surface area contributed by atoms with E-state index in [2.05, 4.69) is 4.98 Å². The number of ketones is 1. The van der Waals surface area contributed by atoms with Crippen LogP contribution >= 0.6 is 11.3 Å². The molecule has 0 aliphatic rings. The highest BCUT2D eigenvalue weighted by molar-refractivity contribution is 7.08. The summed E-state index contributed by atoms with van der Waals surface area (Å²) in [5, 5.41) is 3.73. The van der Waals surface area contributed by atoms with E-state index in [1.807, 2.05) is 41.1 Å². The summed E-state index contributed by atoms with van der Waals surface area (Å²) in [6.45, 7) is 0. The van der Waals surface area contributed by atoms with Crippen molar-refractivity contribution in [2.75, 3.05) is 0 Å². The molecule has 0 N–H and O–H groups in total. The van der Waals surface area contributed by atoms with Crippen LogP contribution in [-0.4, -0.2) is 10.8 Å². The lowest BCUT2D eigenvalue weighted by molar-refractivity contribution is 0.0986. The van der Waals surface area contributed by atoms with E-state index in [0.717, 1.165) is 16.7 Å². The fraction of sp³-hybridized carbons (Fsp3) is 0.0769. The molecule has 0 fully saturated rings. The lowest BCUT2D eigenvalue weighted by Gasteiger charge is -1.92. The van der Waals surface area contributed by atoms with Gasteiger partial charge in [-0.3, -0.25) is 4.79 Å². The maximum Gasteiger partial charge on any atom is 0.203 e. The van der Waals surface area contributed by atoms with Crippen LogP contribution in [0.25, 0.3) is 11.1 Å². The number of benzene rings is 1. The largest absolute Gasteiger partial charge is 0.440 e. The van der Waals surface area contributed by atoms with Crippen LogP contribution in [0.3, 0.4) is 0 Å². The Balaban J connectivity index is 1.88. The van der Waals surface area contributed by atoms with E-state index in [4.69, 9.17) is 4.42 Å². The topological polar surface area (TPSA) is 43.1 Å². The molecule has 3 aromatic rings. The minimum atomic E-state index is 0.0396. The Kier molecular flexibility index (Phi) is 2.49. The average molecular weight is 243 g/mol. The van der Waals surface area contributed by atoms with Crippen LogP contribution in [0, 0.1) is 0 Å². The Morgan fingerprint density at radius 1 is 1.29 bits per heavy atom. The van der Waals surface area contributed by atoms with Gasteiger partial charge in [0.2, 0.25) is 5.89 Å². The van der Waals surface area contributed by atoms with E-state index in [0.29, 0.717) is 5.89 Å². The number of hydrogen-bond donors (Lipinski definition) is 0. The number of oxazole rings is 1. The first-order valence-corrected chi connectivity index (χ1v) is 6.17. The summed E-state index contributed by atoms with van der Waals surface area (Å²) in [4.78, 5) is 16.1. The minimum absolute atomic E-state index is 0.0396. The summed E-state index contributed by atoms with van der Waals surface area (Å²) < 4.78 is 5.51. The van der Waals surface area contributed by atoms with Crippen molar-refractivity contribution in [2.45, 2.75) is 6.42 Å². The normalized spacial score (nSPS) is 10.8. The molecule has 2 aromatic heterocycles. The predicted molar refractivity (Wildman–Crippen MR) is 66.4 cm³/mol. The van der Waals surface area contributed by atoms with Gasteiger partial charge in [-0.1, -0.05) is 12.1 Å². The van der Waals surface area contributed by atoms with Crippen molar-refractivity contribution in [1.29, 1.82) is 0 Å². The third-order valence-corrected chi connectivity index (χ3v) is 3.18. The van der Waals surface area contributed by atoms with Crippen molar-refractivity contribution in [2.24, 2.45) is 0 Å². The zero-order chi connectivity index (χ0) is 11.7. The molecule has 84 valence electrons. The molecular weight excluding hydrogens is 234 g/mol. The molecule has 3 nitrogen and oxygen atoms in total. The second-order valence-electron chi connectivity index (χ2n) is 3.69. The van der Waals surface area contributed by atoms with Crippen LogP contribution in [0.1, 0.15) is 16.2 Å². The zero-order valence-electron chi connectivity index (χ0n) is 8.92. The van der Waals surface area contributed by atoms with Crippen molar-refractivity contribution in [3.8, 4) is 0 Å². The second-order valence-corrected chi connectivity index (χ2v) is 4.47. The second kappa shape index (κ2) is 4.14. The van der Waals surface area contributed by atoms with Gasteiger partial charge >= 0.3 is 0 Å². The van der Waals surface area contributed by atoms with Gasteiger partial charge in [0.25, 0.3) is 0 Å². The van der Waals surface area contributed by atoms with E-state index in [1.165, 1.54) is 11.3 Å². The standard InChI is InChI=1S/C13H9NO2S/c15-11(9-5-6-17-8-9)7-13-14-10-3-1-2-4-12(10)16-13/h1-6,8H,7H2. The molecule has 0 bridgehead atoms. The van der Waals surface area contributed by atoms with Gasteiger partial charge in [-0.15, -0.1) is 0 Å². The molecule has 4 heteroatoms. The Morgan fingerprint density at radius 3 is 2.94 bits per heavy atom. The molecule has 0 saturated carbocycles. The van der Waals surface area contributed by atoms with E-state index >= 15 is 0 Å². The van der Waals surface area contributed by atoms with Crippen LogP contribution in [0.4, 0.5) is 0 Å². The van der Waals surface area contributed by atoms with E-state index in [-0.39, 0.29) is 12.2 Å². The maximum absolute atomic E-state index is 11.9. The third kappa shape index (κ3) is 1.99. The van der Waals surface area contributed by atoms with Crippen LogP contribution in [-0.2, 0) is 6.42 Å². The summed E-state index contributed by atoms with van der Waals surface area (Å²) in [5.41, 5.74) is 2.23. The number of rotatable bonds is 3. The molecule has 0 atom stereocenters. The van der Waals surface area contributed by atoms with Crippen molar-refractivity contribution in [1.82, 2.24) is 4.98 Å². The summed E-state index contributed by atoms with van der Waals surface area (Å²) in [6.07, 6.45) is 0.214. The highest BCUT2D eigenvalue weighted by Gasteiger charge is 2.12. The molecule has 0 amide bonds. The Hall–Kier alpha value is -1.94. The lowest BCUT2D eigenvalue weighted by Crippen LogP contribution is -2.01. The SMILES string of the molecule is O=C(Cc1nc2ccccc2o1)c1ccsc1. The van der Waals surface area contributed by atoms with Gasteiger partial charge in [0.15, 0.2) is 11.4 Å². The van der Waals surface area contributed by atoms with Gasteiger partial charge in [-0.25, -0.2) is 4.98 Å². The summed E-state index contributed by atoms with van der Waals surface area (Å²) in [5.74, 6) is 0.514. The first-order valence-electron chi connectivity index (χ1n) is 5.23. The quantitative estimate of drug-likeness (QED) is 0.663. The molecule has 0 spiro atoms. The number of fused-ring (bicyclic) bond motifs is 1. The molecular formula is C13H9NO2S. The van der Waals surface area contributed by atoms with Gasteiger partial charge in [-0.2, -0.15) is 11.3 Å². The third-order valence-electron chi connectivity index (χ3n) is 2.49. The van der Waals surface area contributed by atoms with Crippen LogP contribution in [0.2, 0.25) is 0 Å². The molecule has 0 saturated heterocycles.